The summed E-state index contributed by atoms with van der Waals surface area (Å²) in [5, 5.41) is 9.58. The fourth-order valence-corrected chi connectivity index (χ4v) is 5.52. The van der Waals surface area contributed by atoms with Gasteiger partial charge >= 0.3 is 5.97 Å². The van der Waals surface area contributed by atoms with E-state index >= 15 is 0 Å². The minimum absolute atomic E-state index is 0.0828. The Hall–Kier alpha value is -5.67. The molecule has 0 spiro atoms. The monoisotopic (exact) mass is 657 g/mol. The van der Waals surface area contributed by atoms with Crippen LogP contribution in [0.5, 0.6) is 11.5 Å². The van der Waals surface area contributed by atoms with Crippen molar-refractivity contribution in [1.29, 1.82) is 0 Å². The Morgan fingerprint density at radius 2 is 1.04 bits per heavy atom. The lowest BCUT2D eigenvalue weighted by Gasteiger charge is -2.21. The number of benzene rings is 4. The molecule has 0 saturated carbocycles. The SMILES string of the molecule is Cc1oc(-c2ccccc2)nc1CCOc1ccc(CN(CC(=O)O)Cc2ccc(OCCc3nc(-c4ccccc4)oc3C)cc2)cc1. The van der Waals surface area contributed by atoms with Crippen LogP contribution in [-0.4, -0.2) is 45.7 Å². The zero-order valence-electron chi connectivity index (χ0n) is 27.7. The Bertz CT molecular complexity index is 1800. The van der Waals surface area contributed by atoms with Crippen molar-refractivity contribution in [2.75, 3.05) is 19.8 Å². The first-order valence-corrected chi connectivity index (χ1v) is 16.3. The average Bonchev–Trinajstić information content (AvgIpc) is 3.68. The number of ether oxygens (including phenoxy) is 2. The molecule has 250 valence electrons. The van der Waals surface area contributed by atoms with Gasteiger partial charge in [-0.1, -0.05) is 60.7 Å². The number of hydrogen-bond acceptors (Lipinski definition) is 8. The molecule has 0 amide bonds. The van der Waals surface area contributed by atoms with Gasteiger partial charge in [0, 0.05) is 37.1 Å². The number of nitrogens with zero attached hydrogens (tertiary/aromatic N) is 3. The topological polar surface area (TPSA) is 111 Å². The molecule has 4 aromatic carbocycles. The van der Waals surface area contributed by atoms with Crippen molar-refractivity contribution >= 4 is 5.97 Å². The zero-order valence-corrected chi connectivity index (χ0v) is 27.7. The second-order valence-corrected chi connectivity index (χ2v) is 11.8. The van der Waals surface area contributed by atoms with Gasteiger partial charge in [-0.2, -0.15) is 0 Å². The van der Waals surface area contributed by atoms with Gasteiger partial charge in [0.2, 0.25) is 11.8 Å². The minimum Gasteiger partial charge on any atom is -0.493 e. The molecule has 9 heteroatoms. The molecular weight excluding hydrogens is 618 g/mol. The van der Waals surface area contributed by atoms with Crippen molar-refractivity contribution in [3.05, 3.63) is 143 Å². The third-order valence-corrected chi connectivity index (χ3v) is 8.06. The van der Waals surface area contributed by atoms with Crippen molar-refractivity contribution in [3.63, 3.8) is 0 Å². The van der Waals surface area contributed by atoms with Crippen LogP contribution in [0.2, 0.25) is 0 Å². The summed E-state index contributed by atoms with van der Waals surface area (Å²) in [6.45, 7) is 5.63. The molecule has 9 nitrogen and oxygen atoms in total. The van der Waals surface area contributed by atoms with E-state index in [1.807, 2.05) is 128 Å². The largest absolute Gasteiger partial charge is 0.493 e. The number of aliphatic carboxylic acids is 1. The fourth-order valence-electron chi connectivity index (χ4n) is 5.52. The molecule has 0 unspecified atom stereocenters. The highest BCUT2D eigenvalue weighted by Crippen LogP contribution is 2.24. The van der Waals surface area contributed by atoms with Crippen molar-refractivity contribution in [3.8, 4) is 34.4 Å². The molecule has 0 radical (unpaired) electrons. The average molecular weight is 658 g/mol. The van der Waals surface area contributed by atoms with Crippen LogP contribution in [0.25, 0.3) is 22.9 Å². The zero-order chi connectivity index (χ0) is 34.0. The highest BCUT2D eigenvalue weighted by molar-refractivity contribution is 5.69. The number of carboxylic acid groups (broad SMARTS) is 1. The Morgan fingerprint density at radius 1 is 0.633 bits per heavy atom. The van der Waals surface area contributed by atoms with Crippen LogP contribution >= 0.6 is 0 Å². The number of oxazole rings is 2. The maximum atomic E-state index is 11.7. The molecule has 2 heterocycles. The number of hydrogen-bond donors (Lipinski definition) is 1. The molecule has 0 saturated heterocycles. The van der Waals surface area contributed by atoms with Gasteiger partial charge in [-0.25, -0.2) is 9.97 Å². The fraction of sp³-hybridized carbons (Fsp3) is 0.225. The van der Waals surface area contributed by atoms with E-state index in [1.54, 1.807) is 0 Å². The summed E-state index contributed by atoms with van der Waals surface area (Å²) in [5.41, 5.74) is 5.62. The van der Waals surface area contributed by atoms with Gasteiger partial charge in [0.15, 0.2) is 0 Å². The summed E-state index contributed by atoms with van der Waals surface area (Å²) >= 11 is 0. The summed E-state index contributed by atoms with van der Waals surface area (Å²) < 4.78 is 23.7. The lowest BCUT2D eigenvalue weighted by molar-refractivity contribution is -0.138. The highest BCUT2D eigenvalue weighted by atomic mass is 16.5. The maximum absolute atomic E-state index is 11.7. The van der Waals surface area contributed by atoms with Gasteiger partial charge < -0.3 is 23.4 Å². The number of aryl methyl sites for hydroxylation is 2. The van der Waals surface area contributed by atoms with Crippen LogP contribution < -0.4 is 9.47 Å². The predicted octanol–water partition coefficient (Wildman–Crippen LogP) is 7.94. The molecule has 0 atom stereocenters. The second-order valence-electron chi connectivity index (χ2n) is 11.8. The van der Waals surface area contributed by atoms with Crippen LogP contribution in [-0.2, 0) is 30.7 Å². The van der Waals surface area contributed by atoms with Crippen LogP contribution in [0.15, 0.2) is 118 Å². The minimum atomic E-state index is -0.878. The van der Waals surface area contributed by atoms with E-state index in [4.69, 9.17) is 18.3 Å². The van der Waals surface area contributed by atoms with Gasteiger partial charge in [-0.3, -0.25) is 9.69 Å². The third-order valence-electron chi connectivity index (χ3n) is 8.06. The van der Waals surface area contributed by atoms with Crippen LogP contribution in [0.4, 0.5) is 0 Å². The Kier molecular flexibility index (Phi) is 10.8. The van der Waals surface area contributed by atoms with E-state index in [0.717, 1.165) is 56.7 Å². The molecule has 0 fully saturated rings. The lowest BCUT2D eigenvalue weighted by atomic mass is 10.1. The Labute approximate surface area is 285 Å². The number of carbonyl (C=O) groups is 1. The Balaban J connectivity index is 0.972. The molecule has 0 aliphatic heterocycles. The van der Waals surface area contributed by atoms with Gasteiger partial charge in [0.25, 0.3) is 0 Å². The van der Waals surface area contributed by atoms with Gasteiger partial charge in [0.05, 0.1) is 31.1 Å². The van der Waals surface area contributed by atoms with E-state index < -0.39 is 5.97 Å². The summed E-state index contributed by atoms with van der Waals surface area (Å²) in [4.78, 5) is 22.9. The first-order valence-electron chi connectivity index (χ1n) is 16.3. The molecule has 1 N–H and O–H groups in total. The summed E-state index contributed by atoms with van der Waals surface area (Å²) in [5.74, 6) is 3.40. The van der Waals surface area contributed by atoms with Crippen molar-refractivity contribution in [2.45, 2.75) is 39.8 Å². The summed E-state index contributed by atoms with van der Waals surface area (Å²) in [7, 11) is 0. The van der Waals surface area contributed by atoms with E-state index in [9.17, 15) is 9.90 Å². The van der Waals surface area contributed by atoms with Crippen molar-refractivity contribution < 1.29 is 28.2 Å². The molecule has 0 aliphatic rings. The summed E-state index contributed by atoms with van der Waals surface area (Å²) in [6, 6.07) is 35.2. The molecule has 2 aromatic heterocycles. The predicted molar refractivity (Wildman–Crippen MR) is 186 cm³/mol. The van der Waals surface area contributed by atoms with Crippen molar-refractivity contribution in [2.24, 2.45) is 0 Å². The Morgan fingerprint density at radius 3 is 1.43 bits per heavy atom. The van der Waals surface area contributed by atoms with Crippen LogP contribution in [0.3, 0.4) is 0 Å². The van der Waals surface area contributed by atoms with E-state index in [0.29, 0.717) is 50.9 Å². The molecular formula is C40H39N3O6. The second kappa shape index (κ2) is 16.0. The van der Waals surface area contributed by atoms with Gasteiger partial charge in [-0.05, 0) is 73.5 Å². The smallest absolute Gasteiger partial charge is 0.317 e. The lowest BCUT2D eigenvalue weighted by Crippen LogP contribution is -2.28. The quantitative estimate of drug-likeness (QED) is 0.111. The van der Waals surface area contributed by atoms with E-state index in [2.05, 4.69) is 9.97 Å². The van der Waals surface area contributed by atoms with Crippen LogP contribution in [0, 0.1) is 13.8 Å². The molecule has 0 aliphatic carbocycles. The standard InChI is InChI=1S/C40H39N3O6/c1-28-36(41-39(48-28)32-9-5-3-6-10-32)21-23-46-34-17-13-30(14-18-34)25-43(27-38(44)45)26-31-15-19-35(20-16-31)47-24-22-37-29(2)49-40(42-37)33-11-7-4-8-12-33/h3-20H,21-27H2,1-2H3,(H,44,45). The summed E-state index contributed by atoms with van der Waals surface area (Å²) in [6.07, 6.45) is 1.24. The van der Waals surface area contributed by atoms with Gasteiger partial charge in [0.1, 0.15) is 23.0 Å². The van der Waals surface area contributed by atoms with E-state index in [1.165, 1.54) is 0 Å². The molecule has 6 aromatic rings. The molecule has 49 heavy (non-hydrogen) atoms. The first-order chi connectivity index (χ1) is 23.9. The van der Waals surface area contributed by atoms with Crippen molar-refractivity contribution in [1.82, 2.24) is 14.9 Å². The highest BCUT2D eigenvalue weighted by Gasteiger charge is 2.14. The molecule has 6 rings (SSSR count). The number of carboxylic acids is 1. The normalized spacial score (nSPS) is 11.2. The number of aromatic nitrogens is 2. The maximum Gasteiger partial charge on any atom is 0.317 e. The molecule has 0 bridgehead atoms. The van der Waals surface area contributed by atoms with E-state index in [-0.39, 0.29) is 6.54 Å². The van der Waals surface area contributed by atoms with Gasteiger partial charge in [-0.15, -0.1) is 0 Å². The third kappa shape index (κ3) is 9.24. The first kappa shape index (κ1) is 33.2. The van der Waals surface area contributed by atoms with Crippen LogP contribution in [0.1, 0.15) is 34.0 Å². The number of rotatable bonds is 16.